The van der Waals surface area contributed by atoms with E-state index in [-0.39, 0.29) is 11.3 Å². The standard InChI is InChI=1S/C22H30N2O/c1-15-18(9-10-22(3,4)5)12-17(14-23)13-20(15)16(2)19-8-6-7-11-24-21(19)25/h12-13H,6-11H2,1-5H3,(H,24,25)/b19-16+. The number of hydrogen-bond donors (Lipinski definition) is 1. The second-order valence-electron chi connectivity index (χ2n) is 8.30. The molecule has 1 aromatic carbocycles. The first-order valence-corrected chi connectivity index (χ1v) is 9.25. The lowest BCUT2D eigenvalue weighted by molar-refractivity contribution is -0.117. The maximum absolute atomic E-state index is 12.4. The molecule has 1 saturated heterocycles. The van der Waals surface area contributed by atoms with Crippen LogP contribution in [0.1, 0.15) is 75.6 Å². The molecule has 0 atom stereocenters. The lowest BCUT2D eigenvalue weighted by atomic mass is 9.85. The van der Waals surface area contributed by atoms with Gasteiger partial charge in [0.1, 0.15) is 0 Å². The third-order valence-corrected chi connectivity index (χ3v) is 5.06. The highest BCUT2D eigenvalue weighted by molar-refractivity contribution is 6.01. The molecule has 134 valence electrons. The molecule has 1 fully saturated rings. The first-order chi connectivity index (χ1) is 11.7. The molecular formula is C22H30N2O. The van der Waals surface area contributed by atoms with Gasteiger partial charge in [-0.25, -0.2) is 0 Å². The third kappa shape index (κ3) is 4.95. The number of allylic oxidation sites excluding steroid dienone is 1. The Morgan fingerprint density at radius 2 is 2.00 bits per heavy atom. The first kappa shape index (κ1) is 19.2. The van der Waals surface area contributed by atoms with E-state index in [9.17, 15) is 10.1 Å². The maximum atomic E-state index is 12.4. The largest absolute Gasteiger partial charge is 0.352 e. The Morgan fingerprint density at radius 1 is 1.28 bits per heavy atom. The predicted octanol–water partition coefficient (Wildman–Crippen LogP) is 4.92. The minimum atomic E-state index is 0.0491. The summed E-state index contributed by atoms with van der Waals surface area (Å²) in [6.07, 6.45) is 4.88. The fourth-order valence-electron chi connectivity index (χ4n) is 3.37. The molecule has 1 amide bonds. The molecule has 1 N–H and O–H groups in total. The van der Waals surface area contributed by atoms with E-state index in [1.807, 2.05) is 19.1 Å². The third-order valence-electron chi connectivity index (χ3n) is 5.06. The van der Waals surface area contributed by atoms with Gasteiger partial charge in [-0.2, -0.15) is 5.26 Å². The Morgan fingerprint density at radius 3 is 2.64 bits per heavy atom. The summed E-state index contributed by atoms with van der Waals surface area (Å²) in [7, 11) is 0. The number of nitrogens with one attached hydrogen (secondary N) is 1. The van der Waals surface area contributed by atoms with Crippen molar-refractivity contribution in [2.45, 2.75) is 66.7 Å². The summed E-state index contributed by atoms with van der Waals surface area (Å²) in [5.74, 6) is 0.0491. The molecular weight excluding hydrogens is 308 g/mol. The molecule has 0 aliphatic carbocycles. The number of carbonyl (C=O) groups excluding carboxylic acids is 1. The number of rotatable bonds is 3. The Balaban J connectivity index is 2.49. The molecule has 0 unspecified atom stereocenters. The highest BCUT2D eigenvalue weighted by Gasteiger charge is 2.19. The van der Waals surface area contributed by atoms with E-state index in [2.05, 4.69) is 39.1 Å². The molecule has 0 saturated carbocycles. The minimum absolute atomic E-state index is 0.0491. The average molecular weight is 338 g/mol. The summed E-state index contributed by atoms with van der Waals surface area (Å²) in [4.78, 5) is 12.4. The van der Waals surface area contributed by atoms with E-state index in [1.54, 1.807) is 0 Å². The van der Waals surface area contributed by atoms with Gasteiger partial charge in [-0.05, 0) is 85.8 Å². The van der Waals surface area contributed by atoms with Crippen molar-refractivity contribution in [2.75, 3.05) is 6.54 Å². The van der Waals surface area contributed by atoms with Gasteiger partial charge in [-0.3, -0.25) is 4.79 Å². The van der Waals surface area contributed by atoms with Gasteiger partial charge in [0.2, 0.25) is 5.91 Å². The van der Waals surface area contributed by atoms with Crippen LogP contribution in [0.15, 0.2) is 17.7 Å². The summed E-state index contributed by atoms with van der Waals surface area (Å²) in [6.45, 7) is 11.6. The fourth-order valence-corrected chi connectivity index (χ4v) is 3.37. The highest BCUT2D eigenvalue weighted by Crippen LogP contribution is 2.31. The number of amides is 1. The van der Waals surface area contributed by atoms with Crippen molar-refractivity contribution in [3.63, 3.8) is 0 Å². The van der Waals surface area contributed by atoms with Crippen LogP contribution in [0.3, 0.4) is 0 Å². The lowest BCUT2D eigenvalue weighted by Crippen LogP contribution is -2.24. The van der Waals surface area contributed by atoms with Gasteiger partial charge in [-0.15, -0.1) is 0 Å². The van der Waals surface area contributed by atoms with E-state index in [1.165, 1.54) is 11.1 Å². The number of nitrogens with zero attached hydrogens (tertiary/aromatic N) is 1. The molecule has 0 aromatic heterocycles. The van der Waals surface area contributed by atoms with Crippen molar-refractivity contribution in [1.82, 2.24) is 5.32 Å². The number of benzene rings is 1. The first-order valence-electron chi connectivity index (χ1n) is 9.25. The fraction of sp³-hybridized carbons (Fsp3) is 0.545. The summed E-state index contributed by atoms with van der Waals surface area (Å²) < 4.78 is 0. The van der Waals surface area contributed by atoms with E-state index in [4.69, 9.17) is 0 Å². The van der Waals surface area contributed by atoms with E-state index < -0.39 is 0 Å². The summed E-state index contributed by atoms with van der Waals surface area (Å²) in [6, 6.07) is 6.24. The second-order valence-corrected chi connectivity index (χ2v) is 8.30. The Hall–Kier alpha value is -2.08. The molecule has 2 rings (SSSR count). The van der Waals surface area contributed by atoms with Crippen molar-refractivity contribution in [2.24, 2.45) is 5.41 Å². The van der Waals surface area contributed by atoms with Crippen molar-refractivity contribution in [1.29, 1.82) is 5.26 Å². The zero-order chi connectivity index (χ0) is 18.6. The molecule has 1 heterocycles. The van der Waals surface area contributed by atoms with Gasteiger partial charge >= 0.3 is 0 Å². The van der Waals surface area contributed by atoms with Crippen LogP contribution in [-0.4, -0.2) is 12.5 Å². The molecule has 3 nitrogen and oxygen atoms in total. The smallest absolute Gasteiger partial charge is 0.247 e. The van der Waals surface area contributed by atoms with Crippen molar-refractivity contribution in [3.05, 3.63) is 40.0 Å². The van der Waals surface area contributed by atoms with Gasteiger partial charge in [0.25, 0.3) is 0 Å². The zero-order valence-electron chi connectivity index (χ0n) is 16.3. The predicted molar refractivity (Wildman–Crippen MR) is 103 cm³/mol. The van der Waals surface area contributed by atoms with Crippen LogP contribution < -0.4 is 5.32 Å². The lowest BCUT2D eigenvalue weighted by Gasteiger charge is -2.20. The normalized spacial score (nSPS) is 17.5. The highest BCUT2D eigenvalue weighted by atomic mass is 16.1. The molecule has 3 heteroatoms. The minimum Gasteiger partial charge on any atom is -0.352 e. The summed E-state index contributed by atoms with van der Waals surface area (Å²) in [5.41, 5.74) is 6.30. The quantitative estimate of drug-likeness (QED) is 0.795. The second kappa shape index (κ2) is 7.87. The van der Waals surface area contributed by atoms with E-state index >= 15 is 0 Å². The average Bonchev–Trinajstić information content (AvgIpc) is 2.77. The van der Waals surface area contributed by atoms with Gasteiger partial charge in [0.05, 0.1) is 11.6 Å². The number of hydrogen-bond acceptors (Lipinski definition) is 2. The number of aryl methyl sites for hydroxylation is 1. The van der Waals surface area contributed by atoms with Crippen molar-refractivity contribution in [3.8, 4) is 6.07 Å². The van der Waals surface area contributed by atoms with Crippen LogP contribution in [-0.2, 0) is 11.2 Å². The number of carbonyl (C=O) groups is 1. The van der Waals surface area contributed by atoms with Crippen LogP contribution in [0.2, 0.25) is 0 Å². The van der Waals surface area contributed by atoms with Crippen LogP contribution in [0.5, 0.6) is 0 Å². The number of nitriles is 1. The van der Waals surface area contributed by atoms with E-state index in [0.717, 1.165) is 55.4 Å². The van der Waals surface area contributed by atoms with Crippen LogP contribution in [0, 0.1) is 23.7 Å². The molecule has 25 heavy (non-hydrogen) atoms. The van der Waals surface area contributed by atoms with Crippen LogP contribution >= 0.6 is 0 Å². The van der Waals surface area contributed by atoms with Gasteiger partial charge in [0.15, 0.2) is 0 Å². The monoisotopic (exact) mass is 338 g/mol. The SMILES string of the molecule is C/C(=C1/CCCCNC1=O)c1cc(C#N)cc(CCC(C)(C)C)c1C. The molecule has 0 radical (unpaired) electrons. The molecule has 0 bridgehead atoms. The molecule has 1 aliphatic heterocycles. The Kier molecular flexibility index (Phi) is 6.06. The van der Waals surface area contributed by atoms with Crippen molar-refractivity contribution >= 4 is 11.5 Å². The Bertz CT molecular complexity index is 730. The zero-order valence-corrected chi connectivity index (χ0v) is 16.3. The maximum Gasteiger partial charge on any atom is 0.247 e. The van der Waals surface area contributed by atoms with Gasteiger partial charge < -0.3 is 5.32 Å². The molecule has 0 spiro atoms. The Labute approximate surface area is 152 Å². The van der Waals surface area contributed by atoms with Crippen LogP contribution in [0.4, 0.5) is 0 Å². The topological polar surface area (TPSA) is 52.9 Å². The molecule has 1 aliphatic rings. The summed E-state index contributed by atoms with van der Waals surface area (Å²) >= 11 is 0. The van der Waals surface area contributed by atoms with Gasteiger partial charge in [0, 0.05) is 12.1 Å². The molecule has 1 aromatic rings. The van der Waals surface area contributed by atoms with E-state index in [0.29, 0.717) is 5.56 Å². The van der Waals surface area contributed by atoms with Crippen molar-refractivity contribution < 1.29 is 4.79 Å². The summed E-state index contributed by atoms with van der Waals surface area (Å²) in [5, 5.41) is 12.4. The van der Waals surface area contributed by atoms with Crippen LogP contribution in [0.25, 0.3) is 5.57 Å². The van der Waals surface area contributed by atoms with Gasteiger partial charge in [-0.1, -0.05) is 20.8 Å².